The predicted octanol–water partition coefficient (Wildman–Crippen LogP) is 1.49. The van der Waals surface area contributed by atoms with Crippen LogP contribution in [0.2, 0.25) is 0 Å². The summed E-state index contributed by atoms with van der Waals surface area (Å²) in [6.45, 7) is 5.83. The molecule has 0 radical (unpaired) electrons. The van der Waals surface area contributed by atoms with Crippen molar-refractivity contribution in [1.82, 2.24) is 15.2 Å². The fourth-order valence-electron chi connectivity index (χ4n) is 3.08. The lowest BCUT2D eigenvalue weighted by atomic mass is 10.2. The molecule has 3 rings (SSSR count). The molecule has 0 amide bonds. The van der Waals surface area contributed by atoms with Crippen molar-refractivity contribution < 1.29 is 14.6 Å². The van der Waals surface area contributed by atoms with Gasteiger partial charge >= 0.3 is 0 Å². The molecule has 27 heavy (non-hydrogen) atoms. The van der Waals surface area contributed by atoms with Crippen molar-refractivity contribution >= 4 is 0 Å². The Bertz CT molecular complexity index is 663. The van der Waals surface area contributed by atoms with Crippen molar-refractivity contribution in [2.45, 2.75) is 19.1 Å². The monoisotopic (exact) mass is 371 g/mol. The topological polar surface area (TPSA) is 66.9 Å². The Morgan fingerprint density at radius 3 is 2.85 bits per heavy atom. The Morgan fingerprint density at radius 1 is 1.19 bits per heavy atom. The Balaban J connectivity index is 1.36. The summed E-state index contributed by atoms with van der Waals surface area (Å²) in [5, 5.41) is 13.6. The van der Waals surface area contributed by atoms with E-state index in [-0.39, 0.29) is 0 Å². The van der Waals surface area contributed by atoms with Crippen LogP contribution in [-0.4, -0.2) is 67.1 Å². The molecule has 1 aromatic carbocycles. The molecule has 1 aliphatic heterocycles. The first-order chi connectivity index (χ1) is 13.3. The van der Waals surface area contributed by atoms with Crippen LogP contribution in [0.1, 0.15) is 11.1 Å². The molecule has 1 saturated heterocycles. The van der Waals surface area contributed by atoms with Crippen molar-refractivity contribution in [2.24, 2.45) is 0 Å². The first kappa shape index (κ1) is 19.8. The molecule has 6 nitrogen and oxygen atoms in total. The molecule has 0 aliphatic carbocycles. The number of aliphatic hydroxyl groups excluding tert-OH is 1. The van der Waals surface area contributed by atoms with Crippen LogP contribution in [0.5, 0.6) is 5.75 Å². The van der Waals surface area contributed by atoms with Crippen molar-refractivity contribution in [3.63, 3.8) is 0 Å². The fourth-order valence-corrected chi connectivity index (χ4v) is 3.08. The summed E-state index contributed by atoms with van der Waals surface area (Å²) in [5.41, 5.74) is 2.40. The smallest absolute Gasteiger partial charge is 0.119 e. The Kier molecular flexibility index (Phi) is 8.04. The van der Waals surface area contributed by atoms with Crippen molar-refractivity contribution in [1.29, 1.82) is 0 Å². The quantitative estimate of drug-likeness (QED) is 0.617. The summed E-state index contributed by atoms with van der Waals surface area (Å²) < 4.78 is 11.1. The highest BCUT2D eigenvalue weighted by Crippen LogP contribution is 2.14. The van der Waals surface area contributed by atoms with Crippen molar-refractivity contribution in [2.75, 3.05) is 46.0 Å². The van der Waals surface area contributed by atoms with Crippen LogP contribution in [0.3, 0.4) is 0 Å². The summed E-state index contributed by atoms with van der Waals surface area (Å²) in [4.78, 5) is 6.34. The molecule has 1 aliphatic rings. The zero-order chi connectivity index (χ0) is 18.7. The molecule has 2 heterocycles. The lowest BCUT2D eigenvalue weighted by Crippen LogP contribution is -2.42. The van der Waals surface area contributed by atoms with E-state index < -0.39 is 6.10 Å². The van der Waals surface area contributed by atoms with E-state index in [9.17, 15) is 5.11 Å². The van der Waals surface area contributed by atoms with Gasteiger partial charge in [0.15, 0.2) is 0 Å². The number of ether oxygens (including phenoxy) is 2. The summed E-state index contributed by atoms with van der Waals surface area (Å²) in [6, 6.07) is 12.1. The van der Waals surface area contributed by atoms with E-state index in [0.717, 1.165) is 51.6 Å². The Morgan fingerprint density at radius 2 is 2.04 bits per heavy atom. The summed E-state index contributed by atoms with van der Waals surface area (Å²) in [7, 11) is 0. The minimum Gasteiger partial charge on any atom is -0.491 e. The maximum Gasteiger partial charge on any atom is 0.119 e. The SMILES string of the molecule is OC(COc1cccc(CNCCc2cccnc2)c1)CN1CCOCC1. The minimum atomic E-state index is -0.496. The van der Waals surface area contributed by atoms with E-state index in [2.05, 4.69) is 27.3 Å². The molecule has 0 spiro atoms. The lowest BCUT2D eigenvalue weighted by Gasteiger charge is -2.28. The number of pyridine rings is 1. The Hall–Kier alpha value is -1.99. The van der Waals surface area contributed by atoms with Gasteiger partial charge in [-0.1, -0.05) is 18.2 Å². The van der Waals surface area contributed by atoms with Crippen LogP contribution in [0.4, 0.5) is 0 Å². The largest absolute Gasteiger partial charge is 0.491 e. The molecule has 0 bridgehead atoms. The van der Waals surface area contributed by atoms with Crippen LogP contribution in [0.25, 0.3) is 0 Å². The van der Waals surface area contributed by atoms with Gasteiger partial charge in [-0.3, -0.25) is 9.88 Å². The van der Waals surface area contributed by atoms with Crippen LogP contribution in [-0.2, 0) is 17.7 Å². The minimum absolute atomic E-state index is 0.301. The second kappa shape index (κ2) is 11.0. The van der Waals surface area contributed by atoms with Gasteiger partial charge in [0.25, 0.3) is 0 Å². The van der Waals surface area contributed by atoms with E-state index in [4.69, 9.17) is 9.47 Å². The molecule has 2 N–H and O–H groups in total. The van der Waals surface area contributed by atoms with E-state index in [1.54, 1.807) is 6.20 Å². The molecule has 2 aromatic rings. The van der Waals surface area contributed by atoms with E-state index in [0.29, 0.717) is 13.2 Å². The average Bonchev–Trinajstić information content (AvgIpc) is 2.72. The van der Waals surface area contributed by atoms with Crippen LogP contribution in [0, 0.1) is 0 Å². The van der Waals surface area contributed by atoms with Gasteiger partial charge in [0, 0.05) is 38.6 Å². The molecular formula is C21H29N3O3. The number of morpholine rings is 1. The molecule has 6 heteroatoms. The number of hydrogen-bond donors (Lipinski definition) is 2. The normalized spacial score (nSPS) is 16.2. The third kappa shape index (κ3) is 7.27. The second-order valence-corrected chi connectivity index (χ2v) is 6.81. The van der Waals surface area contributed by atoms with E-state index in [1.165, 1.54) is 11.1 Å². The maximum atomic E-state index is 10.2. The molecule has 1 aromatic heterocycles. The second-order valence-electron chi connectivity index (χ2n) is 6.81. The highest BCUT2D eigenvalue weighted by molar-refractivity contribution is 5.28. The molecule has 1 fully saturated rings. The van der Waals surface area contributed by atoms with Crippen molar-refractivity contribution in [3.05, 3.63) is 59.9 Å². The maximum absolute atomic E-state index is 10.2. The van der Waals surface area contributed by atoms with Gasteiger partial charge in [-0.2, -0.15) is 0 Å². The van der Waals surface area contributed by atoms with Crippen LogP contribution >= 0.6 is 0 Å². The van der Waals surface area contributed by atoms with E-state index in [1.807, 2.05) is 30.5 Å². The lowest BCUT2D eigenvalue weighted by molar-refractivity contribution is 0.00465. The van der Waals surface area contributed by atoms with Gasteiger partial charge in [-0.15, -0.1) is 0 Å². The average molecular weight is 371 g/mol. The van der Waals surface area contributed by atoms with Gasteiger partial charge in [0.2, 0.25) is 0 Å². The Labute approximate surface area is 161 Å². The highest BCUT2D eigenvalue weighted by atomic mass is 16.5. The highest BCUT2D eigenvalue weighted by Gasteiger charge is 2.15. The predicted molar refractivity (Wildman–Crippen MR) is 105 cm³/mol. The third-order valence-corrected chi connectivity index (χ3v) is 4.56. The third-order valence-electron chi connectivity index (χ3n) is 4.56. The number of benzene rings is 1. The number of aliphatic hydroxyl groups is 1. The van der Waals surface area contributed by atoms with Crippen LogP contribution in [0.15, 0.2) is 48.8 Å². The molecule has 0 saturated carbocycles. The van der Waals surface area contributed by atoms with Crippen molar-refractivity contribution in [3.8, 4) is 5.75 Å². The van der Waals surface area contributed by atoms with Gasteiger partial charge < -0.3 is 19.9 Å². The van der Waals surface area contributed by atoms with Crippen LogP contribution < -0.4 is 10.1 Å². The summed E-state index contributed by atoms with van der Waals surface area (Å²) in [5.74, 6) is 0.794. The molecular weight excluding hydrogens is 342 g/mol. The molecule has 1 unspecified atom stereocenters. The number of hydrogen-bond acceptors (Lipinski definition) is 6. The number of β-amino-alcohol motifs (C(OH)–C–C–N with tert-alkyl or cyclic N) is 1. The fraction of sp³-hybridized carbons (Fsp3) is 0.476. The number of nitrogens with zero attached hydrogens (tertiary/aromatic N) is 2. The number of rotatable bonds is 10. The zero-order valence-electron chi connectivity index (χ0n) is 15.7. The van der Waals surface area contributed by atoms with Gasteiger partial charge in [0.05, 0.1) is 13.2 Å². The zero-order valence-corrected chi connectivity index (χ0v) is 15.7. The van der Waals surface area contributed by atoms with E-state index >= 15 is 0 Å². The summed E-state index contributed by atoms with van der Waals surface area (Å²) in [6.07, 6.45) is 4.15. The standard InChI is InChI=1S/C21H29N3O3/c25-20(16-24-9-11-26-12-10-24)17-27-21-5-1-3-19(13-21)15-23-8-6-18-4-2-7-22-14-18/h1-5,7,13-14,20,23,25H,6,8-12,15-17H2. The van der Waals surface area contributed by atoms with Gasteiger partial charge in [-0.05, 0) is 42.3 Å². The molecule has 1 atom stereocenters. The summed E-state index contributed by atoms with van der Waals surface area (Å²) >= 11 is 0. The number of nitrogens with one attached hydrogen (secondary N) is 1. The first-order valence-electron chi connectivity index (χ1n) is 9.59. The first-order valence-corrected chi connectivity index (χ1v) is 9.59. The molecule has 146 valence electrons. The van der Waals surface area contributed by atoms with Gasteiger partial charge in [0.1, 0.15) is 18.5 Å². The number of aromatic nitrogens is 1. The van der Waals surface area contributed by atoms with Gasteiger partial charge in [-0.25, -0.2) is 0 Å².